The Morgan fingerprint density at radius 2 is 1.76 bits per heavy atom. The third-order valence-electron chi connectivity index (χ3n) is 10.9. The van der Waals surface area contributed by atoms with Crippen molar-refractivity contribution in [3.63, 3.8) is 0 Å². The first kappa shape index (κ1) is 25.8. The van der Waals surface area contributed by atoms with E-state index in [9.17, 15) is 9.59 Å². The van der Waals surface area contributed by atoms with Crippen molar-refractivity contribution in [2.24, 2.45) is 40.4 Å². The maximum absolute atomic E-state index is 13.0. The van der Waals surface area contributed by atoms with E-state index in [-0.39, 0.29) is 34.3 Å². The Morgan fingerprint density at radius 1 is 1.03 bits per heavy atom. The van der Waals surface area contributed by atoms with Crippen LogP contribution in [-0.4, -0.2) is 24.6 Å². The predicted octanol–water partition coefficient (Wildman–Crippen LogP) is 7.26. The number of carbonyl (C=O) groups is 2. The molecule has 0 aromatic rings. The number of fused-ring (bicyclic) bond motifs is 4. The van der Waals surface area contributed by atoms with Gasteiger partial charge in [-0.15, -0.1) is 0 Å². The van der Waals surface area contributed by atoms with Gasteiger partial charge < -0.3 is 9.47 Å². The summed E-state index contributed by atoms with van der Waals surface area (Å²) in [5.74, 6) is 1.92. The Hall–Kier alpha value is -1.32. The topological polar surface area (TPSA) is 52.6 Å². The monoisotopic (exact) mass is 472 g/mol. The third kappa shape index (κ3) is 4.15. The number of ether oxygens (including phenoxy) is 2. The highest BCUT2D eigenvalue weighted by atomic mass is 16.6. The largest absolute Gasteiger partial charge is 0.469 e. The summed E-state index contributed by atoms with van der Waals surface area (Å²) in [7, 11) is 1.56. The van der Waals surface area contributed by atoms with Gasteiger partial charge in [-0.3, -0.25) is 9.59 Å². The fraction of sp³-hybridized carbons (Fsp3) is 0.867. The lowest BCUT2D eigenvalue weighted by molar-refractivity contribution is -0.160. The number of cyclic esters (lactones) is 1. The highest BCUT2D eigenvalue weighted by Crippen LogP contribution is 2.70. The Morgan fingerprint density at radius 3 is 2.44 bits per heavy atom. The maximum atomic E-state index is 13.0. The van der Waals surface area contributed by atoms with Crippen molar-refractivity contribution in [2.75, 3.05) is 7.11 Å². The van der Waals surface area contributed by atoms with Gasteiger partial charge in [0.05, 0.1) is 13.0 Å². The molecule has 0 spiro atoms. The van der Waals surface area contributed by atoms with Gasteiger partial charge in [0.25, 0.3) is 0 Å². The molecule has 0 aromatic carbocycles. The molecule has 4 aliphatic rings. The molecule has 3 aliphatic carbocycles. The van der Waals surface area contributed by atoms with Crippen LogP contribution in [0.25, 0.3) is 0 Å². The average molecular weight is 473 g/mol. The SMILES string of the molecule is COC(=O)[C@@H](CCCC(C)C)[C@@H]1CC[C@]2(C)C3=C(CC[C@@]12C)[C@H]1CCC(=O)OC(C)(C)[C@@H]1CC3. The summed E-state index contributed by atoms with van der Waals surface area (Å²) in [5, 5.41) is 0. The number of methoxy groups -OCH3 is 1. The van der Waals surface area contributed by atoms with Crippen LogP contribution in [0.1, 0.15) is 112 Å². The minimum atomic E-state index is -0.386. The van der Waals surface area contributed by atoms with Gasteiger partial charge in [-0.05, 0) is 93.8 Å². The van der Waals surface area contributed by atoms with Crippen molar-refractivity contribution >= 4 is 11.9 Å². The van der Waals surface area contributed by atoms with E-state index in [0.717, 1.165) is 51.4 Å². The van der Waals surface area contributed by atoms with Crippen molar-refractivity contribution in [3.05, 3.63) is 11.1 Å². The molecule has 0 radical (unpaired) electrons. The smallest absolute Gasteiger partial charge is 0.308 e. The molecule has 1 aliphatic heterocycles. The molecule has 1 saturated carbocycles. The molecule has 2 fully saturated rings. The van der Waals surface area contributed by atoms with Crippen LogP contribution in [0.2, 0.25) is 0 Å². The number of rotatable bonds is 6. The van der Waals surface area contributed by atoms with Crippen LogP contribution in [0.3, 0.4) is 0 Å². The first-order valence-electron chi connectivity index (χ1n) is 14.0. The lowest BCUT2D eigenvalue weighted by Gasteiger charge is -2.55. The summed E-state index contributed by atoms with van der Waals surface area (Å²) < 4.78 is 11.3. The number of esters is 2. The van der Waals surface area contributed by atoms with Crippen LogP contribution in [0.4, 0.5) is 0 Å². The van der Waals surface area contributed by atoms with E-state index in [2.05, 4.69) is 41.5 Å². The van der Waals surface area contributed by atoms with Gasteiger partial charge in [-0.2, -0.15) is 0 Å². The molecule has 0 aromatic heterocycles. The molecule has 0 amide bonds. The van der Waals surface area contributed by atoms with E-state index >= 15 is 0 Å². The molecule has 4 rings (SSSR count). The number of hydrogen-bond acceptors (Lipinski definition) is 4. The summed E-state index contributed by atoms with van der Waals surface area (Å²) in [6, 6.07) is 0. The normalized spacial score (nSPS) is 37.9. The number of allylic oxidation sites excluding steroid dienone is 2. The van der Waals surface area contributed by atoms with Crippen LogP contribution in [-0.2, 0) is 19.1 Å². The Balaban J connectivity index is 1.65. The van der Waals surface area contributed by atoms with E-state index in [4.69, 9.17) is 9.47 Å². The third-order valence-corrected chi connectivity index (χ3v) is 10.9. The van der Waals surface area contributed by atoms with Crippen LogP contribution < -0.4 is 0 Å². The summed E-state index contributed by atoms with van der Waals surface area (Å²) in [6.45, 7) is 13.8. The van der Waals surface area contributed by atoms with Gasteiger partial charge in [-0.1, -0.05) is 51.7 Å². The van der Waals surface area contributed by atoms with Crippen molar-refractivity contribution in [3.8, 4) is 0 Å². The lowest BCUT2D eigenvalue weighted by Crippen LogP contribution is -2.49. The van der Waals surface area contributed by atoms with Crippen molar-refractivity contribution in [1.82, 2.24) is 0 Å². The molecule has 0 unspecified atom stereocenters. The molecule has 1 heterocycles. The van der Waals surface area contributed by atoms with Crippen LogP contribution in [0.5, 0.6) is 0 Å². The van der Waals surface area contributed by atoms with Crippen LogP contribution in [0, 0.1) is 40.4 Å². The standard InChI is InChI=1S/C30H48O4/c1-19(2)9-8-10-22(27(32)33-7)25-16-18-30(6)24-13-12-23-20(21(24)15-17-29(25,30)5)11-14-26(31)34-28(23,3)4/h19-20,22-23,25H,8-18H2,1-7H3/t20-,22+,23-,25+,29+,30-/m1/s1. The second-order valence-electron chi connectivity index (χ2n) is 13.2. The lowest BCUT2D eigenvalue weighted by atomic mass is 9.49. The van der Waals surface area contributed by atoms with Gasteiger partial charge in [0.1, 0.15) is 5.60 Å². The zero-order chi connectivity index (χ0) is 24.9. The van der Waals surface area contributed by atoms with E-state index < -0.39 is 0 Å². The van der Waals surface area contributed by atoms with Gasteiger partial charge in [-0.25, -0.2) is 0 Å². The van der Waals surface area contributed by atoms with Crippen LogP contribution >= 0.6 is 0 Å². The highest BCUT2D eigenvalue weighted by Gasteiger charge is 2.62. The predicted molar refractivity (Wildman–Crippen MR) is 135 cm³/mol. The summed E-state index contributed by atoms with van der Waals surface area (Å²) >= 11 is 0. The summed E-state index contributed by atoms with van der Waals surface area (Å²) in [6.07, 6.45) is 11.5. The Labute approximate surface area is 207 Å². The molecule has 34 heavy (non-hydrogen) atoms. The van der Waals surface area contributed by atoms with E-state index in [1.54, 1.807) is 18.3 Å². The van der Waals surface area contributed by atoms with Crippen molar-refractivity contribution < 1.29 is 19.1 Å². The molecule has 192 valence electrons. The second kappa shape index (κ2) is 9.28. The number of hydrogen-bond donors (Lipinski definition) is 0. The highest BCUT2D eigenvalue weighted by molar-refractivity contribution is 5.73. The van der Waals surface area contributed by atoms with Gasteiger partial charge >= 0.3 is 11.9 Å². The fourth-order valence-electron chi connectivity index (χ4n) is 8.83. The zero-order valence-corrected chi connectivity index (χ0v) is 22.8. The van der Waals surface area contributed by atoms with Gasteiger partial charge in [0.2, 0.25) is 0 Å². The number of carbonyl (C=O) groups excluding carboxylic acids is 2. The fourth-order valence-corrected chi connectivity index (χ4v) is 8.83. The van der Waals surface area contributed by atoms with E-state index in [1.807, 2.05) is 0 Å². The molecule has 0 bridgehead atoms. The molecule has 0 N–H and O–H groups in total. The average Bonchev–Trinajstić information content (AvgIpc) is 2.98. The first-order valence-corrected chi connectivity index (χ1v) is 14.0. The summed E-state index contributed by atoms with van der Waals surface area (Å²) in [4.78, 5) is 25.4. The van der Waals surface area contributed by atoms with Gasteiger partial charge in [0, 0.05) is 12.3 Å². The second-order valence-corrected chi connectivity index (χ2v) is 13.2. The zero-order valence-electron chi connectivity index (χ0n) is 22.8. The molecular weight excluding hydrogens is 424 g/mol. The molecule has 6 atom stereocenters. The quantitative estimate of drug-likeness (QED) is 0.302. The molecule has 4 nitrogen and oxygen atoms in total. The minimum absolute atomic E-state index is 0.00361. The van der Waals surface area contributed by atoms with Crippen molar-refractivity contribution in [2.45, 2.75) is 118 Å². The van der Waals surface area contributed by atoms with Crippen molar-refractivity contribution in [1.29, 1.82) is 0 Å². The van der Waals surface area contributed by atoms with E-state index in [1.165, 1.54) is 12.8 Å². The molecule has 1 saturated heterocycles. The van der Waals surface area contributed by atoms with Gasteiger partial charge in [0.15, 0.2) is 0 Å². The maximum Gasteiger partial charge on any atom is 0.308 e. The molecular formula is C30H48O4. The molecule has 4 heteroatoms. The van der Waals surface area contributed by atoms with Crippen LogP contribution in [0.15, 0.2) is 11.1 Å². The first-order chi connectivity index (χ1) is 15.9. The summed E-state index contributed by atoms with van der Waals surface area (Å²) in [5.41, 5.74) is 3.21. The van der Waals surface area contributed by atoms with E-state index in [0.29, 0.717) is 30.1 Å². The Kier molecular flexibility index (Phi) is 7.03. The minimum Gasteiger partial charge on any atom is -0.469 e. The Bertz CT molecular complexity index is 839.